The van der Waals surface area contributed by atoms with E-state index in [4.69, 9.17) is 9.15 Å². The smallest absolute Gasteiger partial charge is 0.258 e. The van der Waals surface area contributed by atoms with Crippen LogP contribution in [0.1, 0.15) is 30.0 Å². The number of aromatic nitrogens is 1. The minimum Gasteiger partial charge on any atom is -0.484 e. The largest absolute Gasteiger partial charge is 0.484 e. The molecule has 1 unspecified atom stereocenters. The van der Waals surface area contributed by atoms with E-state index in [-0.39, 0.29) is 18.6 Å². The predicted molar refractivity (Wildman–Crippen MR) is 92.0 cm³/mol. The fourth-order valence-corrected chi connectivity index (χ4v) is 2.37. The van der Waals surface area contributed by atoms with Crippen LogP contribution in [0.2, 0.25) is 0 Å². The zero-order valence-corrected chi connectivity index (χ0v) is 14.0. The number of carbonyl (C=O) groups excluding carboxylic acids is 1. The minimum atomic E-state index is -0.326. The summed E-state index contributed by atoms with van der Waals surface area (Å²) < 4.78 is 11.2. The standard InChI is InChI=1S/C19H20N2O3/c1-12-8-9-15(10-13(12)2)23-11-18(22)20-14(3)19-21-16-6-4-5-7-17(16)24-19/h4-10,14H,11H2,1-3H3,(H,20,22). The summed E-state index contributed by atoms with van der Waals surface area (Å²) in [6.07, 6.45) is 0. The molecular weight excluding hydrogens is 304 g/mol. The Hall–Kier alpha value is -2.82. The van der Waals surface area contributed by atoms with Gasteiger partial charge in [0.15, 0.2) is 12.2 Å². The summed E-state index contributed by atoms with van der Waals surface area (Å²) in [7, 11) is 0. The Morgan fingerprint density at radius 1 is 1.21 bits per heavy atom. The number of hydrogen-bond acceptors (Lipinski definition) is 4. The van der Waals surface area contributed by atoms with Gasteiger partial charge in [-0.25, -0.2) is 4.98 Å². The van der Waals surface area contributed by atoms with Gasteiger partial charge in [-0.3, -0.25) is 4.79 Å². The van der Waals surface area contributed by atoms with Crippen LogP contribution >= 0.6 is 0 Å². The number of benzene rings is 2. The lowest BCUT2D eigenvalue weighted by Gasteiger charge is -2.12. The molecule has 3 rings (SSSR count). The van der Waals surface area contributed by atoms with Gasteiger partial charge in [0.1, 0.15) is 17.3 Å². The number of fused-ring (bicyclic) bond motifs is 1. The van der Waals surface area contributed by atoms with Crippen molar-refractivity contribution in [2.75, 3.05) is 6.61 Å². The van der Waals surface area contributed by atoms with Gasteiger partial charge in [0.05, 0.1) is 0 Å². The number of aryl methyl sites for hydroxylation is 2. The van der Waals surface area contributed by atoms with E-state index in [2.05, 4.69) is 10.3 Å². The van der Waals surface area contributed by atoms with Crippen LogP contribution in [0.15, 0.2) is 46.9 Å². The number of rotatable bonds is 5. The fraction of sp³-hybridized carbons (Fsp3) is 0.263. The lowest BCUT2D eigenvalue weighted by atomic mass is 10.1. The molecule has 124 valence electrons. The molecule has 24 heavy (non-hydrogen) atoms. The van der Waals surface area contributed by atoms with E-state index >= 15 is 0 Å². The third-order valence-corrected chi connectivity index (χ3v) is 3.91. The van der Waals surface area contributed by atoms with Gasteiger partial charge in [-0.15, -0.1) is 0 Å². The second kappa shape index (κ2) is 6.74. The van der Waals surface area contributed by atoms with E-state index in [0.29, 0.717) is 17.2 Å². The second-order valence-electron chi connectivity index (χ2n) is 5.84. The maximum atomic E-state index is 12.1. The second-order valence-corrected chi connectivity index (χ2v) is 5.84. The number of hydrogen-bond donors (Lipinski definition) is 1. The summed E-state index contributed by atoms with van der Waals surface area (Å²) in [6.45, 7) is 5.83. The Bertz CT molecular complexity index is 837. The molecule has 0 aliphatic carbocycles. The molecule has 0 fully saturated rings. The third-order valence-electron chi connectivity index (χ3n) is 3.91. The maximum absolute atomic E-state index is 12.1. The molecule has 0 radical (unpaired) electrons. The van der Waals surface area contributed by atoms with Gasteiger partial charge in [-0.1, -0.05) is 18.2 Å². The monoisotopic (exact) mass is 324 g/mol. The summed E-state index contributed by atoms with van der Waals surface area (Å²) in [4.78, 5) is 16.4. The average molecular weight is 324 g/mol. The van der Waals surface area contributed by atoms with E-state index in [1.165, 1.54) is 5.56 Å². The molecule has 0 bridgehead atoms. The molecule has 0 saturated heterocycles. The first-order valence-electron chi connectivity index (χ1n) is 7.88. The van der Waals surface area contributed by atoms with Crippen LogP contribution in [0.4, 0.5) is 0 Å². The number of nitrogens with one attached hydrogen (secondary N) is 1. The number of ether oxygens (including phenoxy) is 1. The molecule has 1 aromatic heterocycles. The zero-order chi connectivity index (χ0) is 17.1. The van der Waals surface area contributed by atoms with Gasteiger partial charge in [-0.2, -0.15) is 0 Å². The quantitative estimate of drug-likeness (QED) is 0.777. The van der Waals surface area contributed by atoms with Crippen LogP contribution in [-0.2, 0) is 4.79 Å². The number of oxazole rings is 1. The van der Waals surface area contributed by atoms with Crippen LogP contribution in [0.5, 0.6) is 5.75 Å². The van der Waals surface area contributed by atoms with Crippen molar-refractivity contribution in [2.24, 2.45) is 0 Å². The van der Waals surface area contributed by atoms with Crippen molar-refractivity contribution in [3.05, 3.63) is 59.5 Å². The van der Waals surface area contributed by atoms with Gasteiger partial charge in [0, 0.05) is 0 Å². The van der Waals surface area contributed by atoms with Crippen molar-refractivity contribution in [2.45, 2.75) is 26.8 Å². The molecule has 3 aromatic rings. The topological polar surface area (TPSA) is 64.4 Å². The highest BCUT2D eigenvalue weighted by molar-refractivity contribution is 5.78. The minimum absolute atomic E-state index is 0.0485. The van der Waals surface area contributed by atoms with Crippen LogP contribution in [0, 0.1) is 13.8 Å². The van der Waals surface area contributed by atoms with Gasteiger partial charge in [-0.05, 0) is 56.2 Å². The van der Waals surface area contributed by atoms with Gasteiger partial charge in [0.25, 0.3) is 5.91 Å². The first kappa shape index (κ1) is 16.1. The van der Waals surface area contributed by atoms with E-state index in [0.717, 1.165) is 11.1 Å². The van der Waals surface area contributed by atoms with Crippen molar-refractivity contribution in [3.8, 4) is 5.75 Å². The highest BCUT2D eigenvalue weighted by Crippen LogP contribution is 2.20. The molecule has 5 heteroatoms. The van der Waals surface area contributed by atoms with E-state index in [9.17, 15) is 4.79 Å². The van der Waals surface area contributed by atoms with Crippen LogP contribution < -0.4 is 10.1 Å². The molecule has 0 aliphatic heterocycles. The Balaban J connectivity index is 1.58. The SMILES string of the molecule is Cc1ccc(OCC(=O)NC(C)c2nc3ccccc3o2)cc1C. The highest BCUT2D eigenvalue weighted by atomic mass is 16.5. The van der Waals surface area contributed by atoms with Crippen molar-refractivity contribution >= 4 is 17.0 Å². The number of amides is 1. The fourth-order valence-electron chi connectivity index (χ4n) is 2.37. The molecule has 1 atom stereocenters. The lowest BCUT2D eigenvalue weighted by molar-refractivity contribution is -0.123. The molecule has 5 nitrogen and oxygen atoms in total. The number of nitrogens with zero attached hydrogens (tertiary/aromatic N) is 1. The molecule has 1 amide bonds. The molecule has 0 saturated carbocycles. The van der Waals surface area contributed by atoms with Gasteiger partial charge in [0.2, 0.25) is 5.89 Å². The summed E-state index contributed by atoms with van der Waals surface area (Å²) in [5, 5.41) is 2.83. The molecule has 0 aliphatic rings. The third kappa shape index (κ3) is 3.56. The van der Waals surface area contributed by atoms with Crippen LogP contribution in [0.3, 0.4) is 0 Å². The average Bonchev–Trinajstić information content (AvgIpc) is 3.00. The van der Waals surface area contributed by atoms with Crippen molar-refractivity contribution < 1.29 is 13.9 Å². The van der Waals surface area contributed by atoms with Crippen molar-refractivity contribution in [3.63, 3.8) is 0 Å². The Morgan fingerprint density at radius 2 is 2.00 bits per heavy atom. The van der Waals surface area contributed by atoms with Crippen LogP contribution in [0.25, 0.3) is 11.1 Å². The highest BCUT2D eigenvalue weighted by Gasteiger charge is 2.16. The molecule has 2 aromatic carbocycles. The summed E-state index contributed by atoms with van der Waals surface area (Å²) in [5.74, 6) is 0.946. The van der Waals surface area contributed by atoms with E-state index < -0.39 is 0 Å². The first-order valence-corrected chi connectivity index (χ1v) is 7.88. The predicted octanol–water partition coefficient (Wildman–Crippen LogP) is 3.70. The summed E-state index contributed by atoms with van der Waals surface area (Å²) >= 11 is 0. The first-order chi connectivity index (χ1) is 11.5. The number of para-hydroxylation sites is 2. The zero-order valence-electron chi connectivity index (χ0n) is 14.0. The Labute approximate surface area is 140 Å². The van der Waals surface area contributed by atoms with Crippen molar-refractivity contribution in [1.29, 1.82) is 0 Å². The van der Waals surface area contributed by atoms with Gasteiger partial charge >= 0.3 is 0 Å². The van der Waals surface area contributed by atoms with E-state index in [1.807, 2.05) is 63.2 Å². The normalized spacial score (nSPS) is 12.1. The summed E-state index contributed by atoms with van der Waals surface area (Å²) in [5.41, 5.74) is 3.81. The molecule has 0 spiro atoms. The molecule has 1 heterocycles. The van der Waals surface area contributed by atoms with Crippen LogP contribution in [-0.4, -0.2) is 17.5 Å². The van der Waals surface area contributed by atoms with Gasteiger partial charge < -0.3 is 14.5 Å². The molecule has 1 N–H and O–H groups in total. The Kier molecular flexibility index (Phi) is 4.51. The maximum Gasteiger partial charge on any atom is 0.258 e. The van der Waals surface area contributed by atoms with Crippen molar-refractivity contribution in [1.82, 2.24) is 10.3 Å². The summed E-state index contributed by atoms with van der Waals surface area (Å²) in [6, 6.07) is 12.9. The molecular formula is C19H20N2O3. The Morgan fingerprint density at radius 3 is 2.75 bits per heavy atom. The number of carbonyl (C=O) groups is 1. The van der Waals surface area contributed by atoms with E-state index in [1.54, 1.807) is 0 Å². The lowest BCUT2D eigenvalue weighted by Crippen LogP contribution is -2.31.